The van der Waals surface area contributed by atoms with Gasteiger partial charge in [0.15, 0.2) is 0 Å². The highest BCUT2D eigenvalue weighted by molar-refractivity contribution is 5.94. The topological polar surface area (TPSA) is 105 Å². The predicted octanol–water partition coefficient (Wildman–Crippen LogP) is 2.04. The van der Waals surface area contributed by atoms with Crippen LogP contribution in [0.2, 0.25) is 0 Å². The van der Waals surface area contributed by atoms with Crippen molar-refractivity contribution in [2.45, 2.75) is 18.9 Å². The molecule has 1 aromatic carbocycles. The number of carbonyl (C=O) groups is 2. The van der Waals surface area contributed by atoms with E-state index in [4.69, 9.17) is 0 Å². The number of rotatable bonds is 5. The molecular formula is C18H18N4O4. The van der Waals surface area contributed by atoms with Crippen LogP contribution in [0.3, 0.4) is 0 Å². The van der Waals surface area contributed by atoms with Gasteiger partial charge >= 0.3 is 6.09 Å². The van der Waals surface area contributed by atoms with Gasteiger partial charge in [0.05, 0.1) is 6.20 Å². The molecule has 0 saturated heterocycles. The summed E-state index contributed by atoms with van der Waals surface area (Å²) in [5.41, 5.74) is -0.0209. The van der Waals surface area contributed by atoms with Gasteiger partial charge in [-0.1, -0.05) is 24.3 Å². The van der Waals surface area contributed by atoms with Crippen LogP contribution in [0, 0.1) is 0 Å². The number of anilines is 2. The minimum absolute atomic E-state index is 0.0491. The second-order valence-electron chi connectivity index (χ2n) is 5.83. The van der Waals surface area contributed by atoms with E-state index in [1.807, 2.05) is 6.07 Å². The van der Waals surface area contributed by atoms with Crippen molar-refractivity contribution in [1.82, 2.24) is 9.55 Å². The average molecular weight is 354 g/mol. The Morgan fingerprint density at radius 1 is 1.38 bits per heavy atom. The van der Waals surface area contributed by atoms with Crippen molar-refractivity contribution >= 4 is 23.4 Å². The van der Waals surface area contributed by atoms with E-state index in [1.54, 1.807) is 24.3 Å². The summed E-state index contributed by atoms with van der Waals surface area (Å²) in [4.78, 5) is 42.0. The Balaban J connectivity index is 1.95. The standard InChI is InChI=1S/C18H18N4O4/c1-2-10-21(18(25)26)14-11-19-15-9-8-13(22(15)17(14)24)16(23)20-12-6-4-3-5-7-12/h2-7,11,13H,1,8-10H2,(H,20,23)(H,25,26). The van der Waals surface area contributed by atoms with E-state index in [2.05, 4.69) is 16.9 Å². The van der Waals surface area contributed by atoms with Crippen molar-refractivity contribution in [1.29, 1.82) is 0 Å². The number of carbonyl (C=O) groups excluding carboxylic acids is 1. The number of amides is 2. The molecule has 0 fully saturated rings. The number of aromatic nitrogens is 2. The van der Waals surface area contributed by atoms with Crippen LogP contribution in [0.5, 0.6) is 0 Å². The van der Waals surface area contributed by atoms with Crippen LogP contribution in [0.25, 0.3) is 0 Å². The minimum atomic E-state index is -1.28. The van der Waals surface area contributed by atoms with E-state index in [0.29, 0.717) is 24.4 Å². The molecule has 3 rings (SSSR count). The summed E-state index contributed by atoms with van der Waals surface area (Å²) in [5, 5.41) is 12.1. The first kappa shape index (κ1) is 17.4. The Bertz CT molecular complexity index is 907. The maximum absolute atomic E-state index is 12.9. The Kier molecular flexibility index (Phi) is 4.83. The number of benzene rings is 1. The molecule has 0 saturated carbocycles. The zero-order valence-electron chi connectivity index (χ0n) is 14.0. The molecule has 2 N–H and O–H groups in total. The quantitative estimate of drug-likeness (QED) is 0.800. The summed E-state index contributed by atoms with van der Waals surface area (Å²) in [6.45, 7) is 3.45. The summed E-state index contributed by atoms with van der Waals surface area (Å²) < 4.78 is 1.28. The van der Waals surface area contributed by atoms with Crippen LogP contribution < -0.4 is 15.8 Å². The fourth-order valence-electron chi connectivity index (χ4n) is 2.98. The van der Waals surface area contributed by atoms with Gasteiger partial charge in [-0.3, -0.25) is 19.1 Å². The first-order valence-electron chi connectivity index (χ1n) is 8.10. The molecule has 1 aliphatic heterocycles. The predicted molar refractivity (Wildman–Crippen MR) is 96.5 cm³/mol. The molecule has 1 atom stereocenters. The Morgan fingerprint density at radius 2 is 2.12 bits per heavy atom. The molecule has 0 radical (unpaired) electrons. The molecule has 2 amide bonds. The SMILES string of the molecule is C=CCN(C(=O)O)c1cnc2n(c1=O)C(C(=O)Nc1ccccc1)CC2. The van der Waals surface area contributed by atoms with E-state index >= 15 is 0 Å². The van der Waals surface area contributed by atoms with E-state index in [1.165, 1.54) is 16.8 Å². The summed E-state index contributed by atoms with van der Waals surface area (Å²) in [6, 6.07) is 8.20. The third kappa shape index (κ3) is 3.21. The molecule has 2 aromatic rings. The number of nitrogens with zero attached hydrogens (tertiary/aromatic N) is 3. The monoisotopic (exact) mass is 354 g/mol. The van der Waals surface area contributed by atoms with Crippen molar-refractivity contribution in [2.75, 3.05) is 16.8 Å². The van der Waals surface area contributed by atoms with Crippen LogP contribution in [-0.2, 0) is 11.2 Å². The normalized spacial score (nSPS) is 15.2. The first-order chi connectivity index (χ1) is 12.5. The lowest BCUT2D eigenvalue weighted by Gasteiger charge is -2.19. The molecule has 26 heavy (non-hydrogen) atoms. The van der Waals surface area contributed by atoms with Crippen molar-refractivity contribution < 1.29 is 14.7 Å². The lowest BCUT2D eigenvalue weighted by molar-refractivity contribution is -0.119. The lowest BCUT2D eigenvalue weighted by Crippen LogP contribution is -2.39. The van der Waals surface area contributed by atoms with Gasteiger partial charge in [-0.15, -0.1) is 6.58 Å². The molecule has 0 aliphatic carbocycles. The van der Waals surface area contributed by atoms with E-state index < -0.39 is 17.7 Å². The summed E-state index contributed by atoms with van der Waals surface area (Å²) in [5.74, 6) is 0.137. The van der Waals surface area contributed by atoms with Gasteiger partial charge in [-0.25, -0.2) is 9.78 Å². The third-order valence-corrected chi connectivity index (χ3v) is 4.18. The maximum Gasteiger partial charge on any atom is 0.412 e. The minimum Gasteiger partial charge on any atom is -0.465 e. The number of aryl methyl sites for hydroxylation is 1. The highest BCUT2D eigenvalue weighted by atomic mass is 16.4. The van der Waals surface area contributed by atoms with E-state index in [0.717, 1.165) is 4.90 Å². The van der Waals surface area contributed by atoms with Gasteiger partial charge in [0, 0.05) is 18.7 Å². The Labute approximate surface area is 149 Å². The average Bonchev–Trinajstić information content (AvgIpc) is 3.06. The van der Waals surface area contributed by atoms with E-state index in [-0.39, 0.29) is 18.1 Å². The Hall–Kier alpha value is -3.42. The molecule has 1 unspecified atom stereocenters. The van der Waals surface area contributed by atoms with Gasteiger partial charge in [0.2, 0.25) is 5.91 Å². The molecule has 2 heterocycles. The van der Waals surface area contributed by atoms with Crippen molar-refractivity contribution in [3.63, 3.8) is 0 Å². The number of hydrogen-bond acceptors (Lipinski definition) is 4. The Morgan fingerprint density at radius 3 is 2.77 bits per heavy atom. The zero-order valence-corrected chi connectivity index (χ0v) is 14.0. The van der Waals surface area contributed by atoms with Crippen LogP contribution >= 0.6 is 0 Å². The van der Waals surface area contributed by atoms with Gasteiger partial charge < -0.3 is 10.4 Å². The molecule has 8 heteroatoms. The van der Waals surface area contributed by atoms with Crippen molar-refractivity contribution in [3.05, 3.63) is 65.4 Å². The van der Waals surface area contributed by atoms with Gasteiger partial charge in [0.25, 0.3) is 5.56 Å². The van der Waals surface area contributed by atoms with Crippen LogP contribution in [0.15, 0.2) is 54.0 Å². The number of nitrogens with one attached hydrogen (secondary N) is 1. The third-order valence-electron chi connectivity index (χ3n) is 4.18. The van der Waals surface area contributed by atoms with Crippen LogP contribution in [-0.4, -0.2) is 33.2 Å². The van der Waals surface area contributed by atoms with Crippen molar-refractivity contribution in [2.24, 2.45) is 0 Å². The molecule has 1 aliphatic rings. The molecular weight excluding hydrogens is 336 g/mol. The number of carboxylic acid groups (broad SMARTS) is 1. The maximum atomic E-state index is 12.9. The smallest absolute Gasteiger partial charge is 0.412 e. The second-order valence-corrected chi connectivity index (χ2v) is 5.83. The van der Waals surface area contributed by atoms with E-state index in [9.17, 15) is 19.5 Å². The van der Waals surface area contributed by atoms with Gasteiger partial charge in [0.1, 0.15) is 17.6 Å². The first-order valence-corrected chi connectivity index (χ1v) is 8.10. The molecule has 0 spiro atoms. The van der Waals surface area contributed by atoms with Crippen molar-refractivity contribution in [3.8, 4) is 0 Å². The lowest BCUT2D eigenvalue weighted by atomic mass is 10.2. The highest BCUT2D eigenvalue weighted by Gasteiger charge is 2.32. The number of para-hydroxylation sites is 1. The van der Waals surface area contributed by atoms with Crippen LogP contribution in [0.4, 0.5) is 16.2 Å². The number of fused-ring (bicyclic) bond motifs is 1. The van der Waals surface area contributed by atoms with Gasteiger partial charge in [-0.05, 0) is 18.6 Å². The van der Waals surface area contributed by atoms with Crippen LogP contribution in [0.1, 0.15) is 18.3 Å². The highest BCUT2D eigenvalue weighted by Crippen LogP contribution is 2.25. The molecule has 134 valence electrons. The summed E-state index contributed by atoms with van der Waals surface area (Å²) in [7, 11) is 0. The second kappa shape index (κ2) is 7.22. The fraction of sp³-hybridized carbons (Fsp3) is 0.222. The van der Waals surface area contributed by atoms with Gasteiger partial charge in [-0.2, -0.15) is 0 Å². The fourth-order valence-corrected chi connectivity index (χ4v) is 2.98. The number of hydrogen-bond donors (Lipinski definition) is 2. The molecule has 1 aromatic heterocycles. The summed E-state index contributed by atoms with van der Waals surface area (Å²) in [6.07, 6.45) is 2.23. The summed E-state index contributed by atoms with van der Waals surface area (Å²) >= 11 is 0. The largest absolute Gasteiger partial charge is 0.465 e. The molecule has 0 bridgehead atoms. The zero-order chi connectivity index (χ0) is 18.7. The molecule has 8 nitrogen and oxygen atoms in total.